The SMILES string of the molecule is CC1CC(C)(C)CC(CO)(NCC(O)c2cccc([N+](=O)[O-])c2)C1. The van der Waals surface area contributed by atoms with Crippen LogP contribution in [0.5, 0.6) is 0 Å². The molecule has 3 atom stereocenters. The molecule has 0 bridgehead atoms. The highest BCUT2D eigenvalue weighted by atomic mass is 16.6. The van der Waals surface area contributed by atoms with Crippen molar-refractivity contribution in [3.8, 4) is 0 Å². The summed E-state index contributed by atoms with van der Waals surface area (Å²) in [6.07, 6.45) is 1.95. The molecular formula is C18H28N2O4. The van der Waals surface area contributed by atoms with Gasteiger partial charge < -0.3 is 15.5 Å². The fourth-order valence-corrected chi connectivity index (χ4v) is 4.33. The molecule has 1 fully saturated rings. The molecule has 0 heterocycles. The Kier molecular flexibility index (Phi) is 5.63. The number of hydrogen-bond donors (Lipinski definition) is 3. The van der Waals surface area contributed by atoms with Crippen molar-refractivity contribution in [1.29, 1.82) is 0 Å². The van der Waals surface area contributed by atoms with Crippen LogP contribution in [-0.2, 0) is 0 Å². The van der Waals surface area contributed by atoms with Gasteiger partial charge in [0.05, 0.1) is 17.6 Å². The third-order valence-electron chi connectivity index (χ3n) is 4.90. The number of rotatable bonds is 6. The maximum Gasteiger partial charge on any atom is 0.269 e. The predicted molar refractivity (Wildman–Crippen MR) is 92.7 cm³/mol. The lowest BCUT2D eigenvalue weighted by atomic mass is 9.64. The molecule has 1 aliphatic carbocycles. The van der Waals surface area contributed by atoms with Gasteiger partial charge in [-0.05, 0) is 36.2 Å². The zero-order chi connectivity index (χ0) is 18.0. The van der Waals surface area contributed by atoms with E-state index < -0.39 is 16.6 Å². The number of nitrogens with zero attached hydrogens (tertiary/aromatic N) is 1. The Labute approximate surface area is 143 Å². The minimum Gasteiger partial charge on any atom is -0.394 e. The van der Waals surface area contributed by atoms with Gasteiger partial charge in [-0.1, -0.05) is 32.9 Å². The van der Waals surface area contributed by atoms with Crippen molar-refractivity contribution < 1.29 is 15.1 Å². The Bertz CT molecular complexity index is 590. The third kappa shape index (κ3) is 4.53. The standard InChI is InChI=1S/C18H28N2O4/c1-13-8-17(2,3)11-18(9-13,12-21)19-10-16(22)14-5-4-6-15(7-14)20(23)24/h4-7,13,16,19,21-22H,8-12H2,1-3H3. The first-order valence-electron chi connectivity index (χ1n) is 8.45. The summed E-state index contributed by atoms with van der Waals surface area (Å²) in [5.41, 5.74) is 0.191. The van der Waals surface area contributed by atoms with Crippen LogP contribution in [0.4, 0.5) is 5.69 Å². The lowest BCUT2D eigenvalue weighted by Gasteiger charge is -2.47. The molecular weight excluding hydrogens is 308 g/mol. The maximum atomic E-state index is 10.9. The van der Waals surface area contributed by atoms with E-state index in [4.69, 9.17) is 0 Å². The van der Waals surface area contributed by atoms with Gasteiger partial charge in [0.15, 0.2) is 0 Å². The molecule has 0 saturated heterocycles. The molecule has 3 N–H and O–H groups in total. The highest BCUT2D eigenvalue weighted by Crippen LogP contribution is 2.43. The van der Waals surface area contributed by atoms with Crippen molar-refractivity contribution in [2.24, 2.45) is 11.3 Å². The van der Waals surface area contributed by atoms with Crippen LogP contribution in [-0.4, -0.2) is 33.8 Å². The largest absolute Gasteiger partial charge is 0.394 e. The van der Waals surface area contributed by atoms with Gasteiger partial charge in [0.25, 0.3) is 5.69 Å². The molecule has 0 amide bonds. The zero-order valence-corrected chi connectivity index (χ0v) is 14.7. The van der Waals surface area contributed by atoms with Crippen molar-refractivity contribution in [3.05, 3.63) is 39.9 Å². The van der Waals surface area contributed by atoms with E-state index in [1.54, 1.807) is 12.1 Å². The minimum atomic E-state index is -0.853. The first-order valence-corrected chi connectivity index (χ1v) is 8.45. The van der Waals surface area contributed by atoms with Crippen molar-refractivity contribution in [2.75, 3.05) is 13.2 Å². The summed E-state index contributed by atoms with van der Waals surface area (Å²) in [6.45, 7) is 6.86. The quantitative estimate of drug-likeness (QED) is 0.548. The molecule has 134 valence electrons. The van der Waals surface area contributed by atoms with E-state index in [0.29, 0.717) is 11.5 Å². The summed E-state index contributed by atoms with van der Waals surface area (Å²) < 4.78 is 0. The molecule has 0 aliphatic heterocycles. The molecule has 6 heteroatoms. The lowest BCUT2D eigenvalue weighted by molar-refractivity contribution is -0.385. The second kappa shape index (κ2) is 7.17. The van der Waals surface area contributed by atoms with E-state index in [1.807, 2.05) is 0 Å². The van der Waals surface area contributed by atoms with E-state index in [0.717, 1.165) is 19.3 Å². The van der Waals surface area contributed by atoms with E-state index in [-0.39, 0.29) is 24.3 Å². The van der Waals surface area contributed by atoms with Gasteiger partial charge in [0.2, 0.25) is 0 Å². The fourth-order valence-electron chi connectivity index (χ4n) is 4.33. The summed E-state index contributed by atoms with van der Waals surface area (Å²) in [6, 6.07) is 6.05. The molecule has 2 rings (SSSR count). The number of nitro benzene ring substituents is 1. The Morgan fingerprint density at radius 1 is 1.42 bits per heavy atom. The number of aliphatic hydroxyl groups is 2. The molecule has 1 aliphatic rings. The third-order valence-corrected chi connectivity index (χ3v) is 4.90. The van der Waals surface area contributed by atoms with Crippen molar-refractivity contribution in [1.82, 2.24) is 5.32 Å². The summed E-state index contributed by atoms with van der Waals surface area (Å²) in [4.78, 5) is 10.4. The fraction of sp³-hybridized carbons (Fsp3) is 0.667. The summed E-state index contributed by atoms with van der Waals surface area (Å²) in [5.74, 6) is 0.489. The number of hydrogen-bond acceptors (Lipinski definition) is 5. The van der Waals surface area contributed by atoms with Crippen LogP contribution in [0.2, 0.25) is 0 Å². The number of β-amino-alcohol motifs (C(OH)–C–C–N with tert-alkyl or cyclic N) is 1. The van der Waals surface area contributed by atoms with Crippen molar-refractivity contribution in [3.63, 3.8) is 0 Å². The van der Waals surface area contributed by atoms with Gasteiger partial charge in [-0.3, -0.25) is 10.1 Å². The van der Waals surface area contributed by atoms with Crippen LogP contribution in [0, 0.1) is 21.4 Å². The average molecular weight is 336 g/mol. The molecule has 1 aromatic carbocycles. The maximum absolute atomic E-state index is 10.9. The molecule has 0 aromatic heterocycles. The second-order valence-electron chi connectivity index (χ2n) is 8.04. The number of aliphatic hydroxyl groups excluding tert-OH is 2. The molecule has 1 aromatic rings. The van der Waals surface area contributed by atoms with E-state index >= 15 is 0 Å². The number of nitrogens with one attached hydrogen (secondary N) is 1. The van der Waals surface area contributed by atoms with Gasteiger partial charge in [0.1, 0.15) is 0 Å². The first kappa shape index (κ1) is 18.8. The summed E-state index contributed by atoms with van der Waals surface area (Å²) in [7, 11) is 0. The highest BCUT2D eigenvalue weighted by Gasteiger charge is 2.42. The Morgan fingerprint density at radius 3 is 2.71 bits per heavy atom. The van der Waals surface area contributed by atoms with Gasteiger partial charge in [-0.2, -0.15) is 0 Å². The molecule has 0 radical (unpaired) electrons. The van der Waals surface area contributed by atoms with Gasteiger partial charge >= 0.3 is 0 Å². The summed E-state index contributed by atoms with van der Waals surface area (Å²) >= 11 is 0. The van der Waals surface area contributed by atoms with Crippen LogP contribution >= 0.6 is 0 Å². The van der Waals surface area contributed by atoms with Crippen LogP contribution in [0.15, 0.2) is 24.3 Å². The van der Waals surface area contributed by atoms with Crippen molar-refractivity contribution >= 4 is 5.69 Å². The number of non-ortho nitro benzene ring substituents is 1. The molecule has 24 heavy (non-hydrogen) atoms. The average Bonchev–Trinajstić information content (AvgIpc) is 2.50. The normalized spacial score (nSPS) is 27.6. The second-order valence-corrected chi connectivity index (χ2v) is 8.04. The van der Waals surface area contributed by atoms with Crippen molar-refractivity contribution in [2.45, 2.75) is 51.7 Å². The Morgan fingerprint density at radius 2 is 2.12 bits per heavy atom. The minimum absolute atomic E-state index is 0.0163. The Hall–Kier alpha value is -1.50. The topological polar surface area (TPSA) is 95.6 Å². The first-order chi connectivity index (χ1) is 11.2. The van der Waals surface area contributed by atoms with Crippen LogP contribution in [0.1, 0.15) is 51.7 Å². The monoisotopic (exact) mass is 336 g/mol. The van der Waals surface area contributed by atoms with Crippen LogP contribution < -0.4 is 5.32 Å². The van der Waals surface area contributed by atoms with E-state index in [9.17, 15) is 20.3 Å². The molecule has 3 unspecified atom stereocenters. The lowest BCUT2D eigenvalue weighted by Crippen LogP contribution is -2.56. The Balaban J connectivity index is 2.07. The van der Waals surface area contributed by atoms with Crippen LogP contribution in [0.3, 0.4) is 0 Å². The van der Waals surface area contributed by atoms with Gasteiger partial charge in [-0.15, -0.1) is 0 Å². The molecule has 6 nitrogen and oxygen atoms in total. The number of benzene rings is 1. The molecule has 0 spiro atoms. The summed E-state index contributed by atoms with van der Waals surface area (Å²) in [5, 5.41) is 34.6. The number of nitro groups is 1. The molecule has 1 saturated carbocycles. The van der Waals surface area contributed by atoms with Gasteiger partial charge in [-0.25, -0.2) is 0 Å². The smallest absolute Gasteiger partial charge is 0.269 e. The van der Waals surface area contributed by atoms with E-state index in [1.165, 1.54) is 12.1 Å². The highest BCUT2D eigenvalue weighted by molar-refractivity contribution is 5.35. The van der Waals surface area contributed by atoms with Crippen LogP contribution in [0.25, 0.3) is 0 Å². The predicted octanol–water partition coefficient (Wildman–Crippen LogP) is 2.80. The van der Waals surface area contributed by atoms with E-state index in [2.05, 4.69) is 26.1 Å². The zero-order valence-electron chi connectivity index (χ0n) is 14.7. The van der Waals surface area contributed by atoms with Gasteiger partial charge in [0, 0.05) is 24.2 Å².